The zero-order chi connectivity index (χ0) is 14.0. The maximum atomic E-state index is 12.7. The third kappa shape index (κ3) is 3.05. The van der Waals surface area contributed by atoms with Crippen molar-refractivity contribution in [3.63, 3.8) is 0 Å². The van der Waals surface area contributed by atoms with Crippen molar-refractivity contribution in [2.45, 2.75) is 32.4 Å². The second-order valence-corrected chi connectivity index (χ2v) is 4.59. The van der Waals surface area contributed by atoms with Gasteiger partial charge in [0, 0.05) is 19.5 Å². The van der Waals surface area contributed by atoms with E-state index in [4.69, 9.17) is 0 Å². The number of alkyl halides is 3. The van der Waals surface area contributed by atoms with Crippen LogP contribution in [0.2, 0.25) is 0 Å². The number of aromatic amines is 1. The van der Waals surface area contributed by atoms with Crippen molar-refractivity contribution in [2.24, 2.45) is 5.92 Å². The van der Waals surface area contributed by atoms with Crippen LogP contribution in [0.1, 0.15) is 36.2 Å². The van der Waals surface area contributed by atoms with Crippen molar-refractivity contribution in [1.82, 2.24) is 20.1 Å². The number of carbonyl (C=O) groups excluding carboxylic acids is 1. The highest BCUT2D eigenvalue weighted by Gasteiger charge is 2.43. The number of aromatic nitrogens is 3. The van der Waals surface area contributed by atoms with E-state index in [-0.39, 0.29) is 18.8 Å². The zero-order valence-corrected chi connectivity index (χ0v) is 10.5. The Balaban J connectivity index is 2.07. The molecule has 0 bridgehead atoms. The molecule has 1 amide bonds. The van der Waals surface area contributed by atoms with Gasteiger partial charge in [-0.1, -0.05) is 6.92 Å². The van der Waals surface area contributed by atoms with Gasteiger partial charge in [-0.3, -0.25) is 9.89 Å². The number of hydrogen-bond donors (Lipinski definition) is 1. The molecular formula is C11H15F3N4O. The van der Waals surface area contributed by atoms with Gasteiger partial charge in [0.15, 0.2) is 0 Å². The summed E-state index contributed by atoms with van der Waals surface area (Å²) in [7, 11) is 0. The van der Waals surface area contributed by atoms with E-state index in [0.717, 1.165) is 0 Å². The van der Waals surface area contributed by atoms with Gasteiger partial charge in [0.25, 0.3) is 5.91 Å². The molecule has 1 unspecified atom stereocenters. The maximum Gasteiger partial charge on any atom is 0.393 e. The van der Waals surface area contributed by atoms with E-state index < -0.39 is 18.0 Å². The highest BCUT2D eigenvalue weighted by Crippen LogP contribution is 2.33. The molecule has 2 heterocycles. The first-order valence-electron chi connectivity index (χ1n) is 6.19. The Kier molecular flexibility index (Phi) is 3.77. The quantitative estimate of drug-likeness (QED) is 0.895. The average Bonchev–Trinajstić information content (AvgIpc) is 2.86. The fraction of sp³-hybridized carbons (Fsp3) is 0.727. The minimum Gasteiger partial charge on any atom is -0.335 e. The number of carbonyl (C=O) groups is 1. The minimum atomic E-state index is -4.26. The number of likely N-dealkylation sites (tertiary alicyclic amines) is 1. The molecule has 2 rings (SSSR count). The zero-order valence-electron chi connectivity index (χ0n) is 10.5. The SMILES string of the molecule is CCc1nc(C(=O)N2CCCC(C(F)(F)F)C2)n[nH]1. The Morgan fingerprint density at radius 2 is 2.26 bits per heavy atom. The molecule has 8 heteroatoms. The molecule has 1 N–H and O–H groups in total. The highest BCUT2D eigenvalue weighted by atomic mass is 19.4. The fourth-order valence-electron chi connectivity index (χ4n) is 2.12. The van der Waals surface area contributed by atoms with Crippen LogP contribution in [-0.2, 0) is 6.42 Å². The summed E-state index contributed by atoms with van der Waals surface area (Å²) in [5, 5.41) is 6.33. The van der Waals surface area contributed by atoms with Crippen molar-refractivity contribution >= 4 is 5.91 Å². The van der Waals surface area contributed by atoms with Crippen LogP contribution < -0.4 is 0 Å². The van der Waals surface area contributed by atoms with Crippen LogP contribution in [0, 0.1) is 5.92 Å². The molecule has 1 aromatic heterocycles. The number of nitrogens with one attached hydrogen (secondary N) is 1. The Morgan fingerprint density at radius 3 is 2.84 bits per heavy atom. The predicted molar refractivity (Wildman–Crippen MR) is 60.4 cm³/mol. The Hall–Kier alpha value is -1.60. The van der Waals surface area contributed by atoms with Crippen LogP contribution in [-0.4, -0.2) is 45.3 Å². The number of nitrogens with zero attached hydrogens (tertiary/aromatic N) is 3. The maximum absolute atomic E-state index is 12.7. The molecule has 19 heavy (non-hydrogen) atoms. The molecule has 0 spiro atoms. The smallest absolute Gasteiger partial charge is 0.335 e. The van der Waals surface area contributed by atoms with Gasteiger partial charge in [0.1, 0.15) is 5.82 Å². The molecule has 0 radical (unpaired) electrons. The fourth-order valence-corrected chi connectivity index (χ4v) is 2.12. The standard InChI is InChI=1S/C11H15F3N4O/c1-2-8-15-9(17-16-8)10(19)18-5-3-4-7(6-18)11(12,13)14/h7H,2-6H2,1H3,(H,15,16,17). The molecule has 1 aliphatic heterocycles. The van der Waals surface area contributed by atoms with Crippen molar-refractivity contribution in [2.75, 3.05) is 13.1 Å². The molecule has 1 fully saturated rings. The summed E-state index contributed by atoms with van der Waals surface area (Å²) in [6.07, 6.45) is -3.25. The van der Waals surface area contributed by atoms with Crippen molar-refractivity contribution in [1.29, 1.82) is 0 Å². The van der Waals surface area contributed by atoms with Crippen LogP contribution in [0.15, 0.2) is 0 Å². The van der Waals surface area contributed by atoms with Gasteiger partial charge in [-0.25, -0.2) is 4.98 Å². The molecule has 0 aliphatic carbocycles. The van der Waals surface area contributed by atoms with Gasteiger partial charge < -0.3 is 4.90 Å². The van der Waals surface area contributed by atoms with Gasteiger partial charge in [0.2, 0.25) is 5.82 Å². The lowest BCUT2D eigenvalue weighted by Crippen LogP contribution is -2.44. The first kappa shape index (κ1) is 13.8. The second-order valence-electron chi connectivity index (χ2n) is 4.59. The monoisotopic (exact) mass is 276 g/mol. The van der Waals surface area contributed by atoms with Gasteiger partial charge in [0.05, 0.1) is 5.92 Å². The van der Waals surface area contributed by atoms with Crippen LogP contribution in [0.3, 0.4) is 0 Å². The predicted octanol–water partition coefficient (Wildman–Crippen LogP) is 1.78. The summed E-state index contributed by atoms with van der Waals surface area (Å²) in [4.78, 5) is 17.2. The van der Waals surface area contributed by atoms with Gasteiger partial charge in [-0.2, -0.15) is 13.2 Å². The Bertz CT molecular complexity index is 457. The molecule has 5 nitrogen and oxygen atoms in total. The van der Waals surface area contributed by atoms with E-state index in [2.05, 4.69) is 15.2 Å². The molecule has 0 aromatic carbocycles. The van der Waals surface area contributed by atoms with Crippen molar-refractivity contribution < 1.29 is 18.0 Å². The summed E-state index contributed by atoms with van der Waals surface area (Å²) in [5.41, 5.74) is 0. The van der Waals surface area contributed by atoms with Crippen LogP contribution in [0.4, 0.5) is 13.2 Å². The number of halogens is 3. The number of rotatable bonds is 2. The molecular weight excluding hydrogens is 261 g/mol. The summed E-state index contributed by atoms with van der Waals surface area (Å²) in [6, 6.07) is 0. The van der Waals surface area contributed by atoms with Crippen LogP contribution in [0.25, 0.3) is 0 Å². The topological polar surface area (TPSA) is 61.9 Å². The van der Waals surface area contributed by atoms with E-state index in [0.29, 0.717) is 25.2 Å². The van der Waals surface area contributed by atoms with Crippen LogP contribution >= 0.6 is 0 Å². The van der Waals surface area contributed by atoms with E-state index in [9.17, 15) is 18.0 Å². The third-order valence-corrected chi connectivity index (χ3v) is 3.23. The van der Waals surface area contributed by atoms with E-state index in [1.54, 1.807) is 0 Å². The van der Waals surface area contributed by atoms with E-state index >= 15 is 0 Å². The first-order valence-corrected chi connectivity index (χ1v) is 6.19. The summed E-state index contributed by atoms with van der Waals surface area (Å²) in [6.45, 7) is 1.86. The third-order valence-electron chi connectivity index (χ3n) is 3.23. The highest BCUT2D eigenvalue weighted by molar-refractivity contribution is 5.90. The number of amides is 1. The molecule has 1 aromatic rings. The normalized spacial score (nSPS) is 20.6. The second kappa shape index (κ2) is 5.18. The summed E-state index contributed by atoms with van der Waals surface area (Å²) in [5.74, 6) is -1.49. The molecule has 0 saturated carbocycles. The molecule has 106 valence electrons. The van der Waals surface area contributed by atoms with E-state index in [1.807, 2.05) is 6.92 Å². The van der Waals surface area contributed by atoms with Crippen LogP contribution in [0.5, 0.6) is 0 Å². The number of piperidine rings is 1. The Morgan fingerprint density at radius 1 is 1.53 bits per heavy atom. The molecule has 1 aliphatic rings. The molecule has 1 atom stereocenters. The van der Waals surface area contributed by atoms with Crippen molar-refractivity contribution in [3.8, 4) is 0 Å². The lowest BCUT2D eigenvalue weighted by Gasteiger charge is -2.33. The van der Waals surface area contributed by atoms with E-state index in [1.165, 1.54) is 4.90 Å². The van der Waals surface area contributed by atoms with Crippen molar-refractivity contribution in [3.05, 3.63) is 11.6 Å². The largest absolute Gasteiger partial charge is 0.393 e. The number of hydrogen-bond acceptors (Lipinski definition) is 3. The minimum absolute atomic E-state index is 0.0559. The lowest BCUT2D eigenvalue weighted by atomic mass is 9.97. The average molecular weight is 276 g/mol. The summed E-state index contributed by atoms with van der Waals surface area (Å²) >= 11 is 0. The van der Waals surface area contributed by atoms with Gasteiger partial charge in [-0.05, 0) is 12.8 Å². The number of aryl methyl sites for hydroxylation is 1. The van der Waals surface area contributed by atoms with Gasteiger partial charge in [-0.15, -0.1) is 5.10 Å². The van der Waals surface area contributed by atoms with Gasteiger partial charge >= 0.3 is 6.18 Å². The first-order chi connectivity index (χ1) is 8.91. The summed E-state index contributed by atoms with van der Waals surface area (Å²) < 4.78 is 38.0. The number of H-pyrrole nitrogens is 1. The Labute approximate surface area is 108 Å². The lowest BCUT2D eigenvalue weighted by molar-refractivity contribution is -0.184. The molecule has 1 saturated heterocycles.